The first-order valence-electron chi connectivity index (χ1n) is 7.72. The largest absolute Gasteiger partial charge is 0.382 e. The van der Waals surface area contributed by atoms with Gasteiger partial charge in [-0.1, -0.05) is 24.6 Å². The fourth-order valence-electron chi connectivity index (χ4n) is 2.57. The summed E-state index contributed by atoms with van der Waals surface area (Å²) in [6, 6.07) is 6.55. The monoisotopic (exact) mass is 370 g/mol. The van der Waals surface area contributed by atoms with Crippen molar-refractivity contribution in [2.24, 2.45) is 0 Å². The molecule has 132 valence electrons. The van der Waals surface area contributed by atoms with Gasteiger partial charge >= 0.3 is 0 Å². The average Bonchev–Trinajstić information content (AvgIpc) is 2.59. The number of nitrogens with one attached hydrogen (secondary N) is 2. The van der Waals surface area contributed by atoms with E-state index in [1.165, 1.54) is 0 Å². The van der Waals surface area contributed by atoms with Crippen LogP contribution in [0.2, 0.25) is 5.02 Å². The smallest absolute Gasteiger partial charge is 0.260 e. The first-order valence-corrected chi connectivity index (χ1v) is 8.10. The molecule has 2 aromatic heterocycles. The van der Waals surface area contributed by atoms with Gasteiger partial charge in [-0.15, -0.1) is 0 Å². The molecule has 0 amide bonds. The highest BCUT2D eigenvalue weighted by Gasteiger charge is 2.19. The maximum absolute atomic E-state index is 12.4. The number of benzene rings is 1. The summed E-state index contributed by atoms with van der Waals surface area (Å²) in [5.74, 6) is 0.472. The number of hydrogen-bond donors (Lipinski definition) is 4. The van der Waals surface area contributed by atoms with Crippen LogP contribution < -0.4 is 22.3 Å². The Hall–Kier alpha value is -3.38. The summed E-state index contributed by atoms with van der Waals surface area (Å²) >= 11 is 6.08. The lowest BCUT2D eigenvalue weighted by atomic mass is 10.1. The van der Waals surface area contributed by atoms with Crippen molar-refractivity contribution >= 4 is 40.1 Å². The van der Waals surface area contributed by atoms with Crippen molar-refractivity contribution < 1.29 is 0 Å². The lowest BCUT2D eigenvalue weighted by Crippen LogP contribution is -2.21. The molecule has 10 heteroatoms. The SMILES string of the molecule is CCC(Nc1nc(N)nc(N)c1C#N)c1nc2cccc(Cl)c2c(=O)[nH]1. The fraction of sp³-hybridized carbons (Fsp3) is 0.188. The Morgan fingerprint density at radius 3 is 2.81 bits per heavy atom. The zero-order valence-electron chi connectivity index (χ0n) is 13.7. The topological polar surface area (TPSA) is 159 Å². The Kier molecular flexibility index (Phi) is 4.60. The summed E-state index contributed by atoms with van der Waals surface area (Å²) in [7, 11) is 0. The molecule has 26 heavy (non-hydrogen) atoms. The number of halogens is 1. The normalized spacial score (nSPS) is 11.9. The van der Waals surface area contributed by atoms with Crippen LogP contribution in [0.4, 0.5) is 17.6 Å². The first kappa shape index (κ1) is 17.4. The minimum Gasteiger partial charge on any atom is -0.382 e. The lowest BCUT2D eigenvalue weighted by molar-refractivity contribution is 0.690. The number of nitriles is 1. The van der Waals surface area contributed by atoms with Gasteiger partial charge in [-0.3, -0.25) is 4.79 Å². The zero-order valence-corrected chi connectivity index (χ0v) is 14.5. The molecular formula is C16H15ClN8O. The lowest BCUT2D eigenvalue weighted by Gasteiger charge is -2.18. The third-order valence-corrected chi connectivity index (χ3v) is 4.13. The van der Waals surface area contributed by atoms with Gasteiger partial charge in [-0.25, -0.2) is 4.98 Å². The van der Waals surface area contributed by atoms with Crippen LogP contribution in [0.25, 0.3) is 10.9 Å². The van der Waals surface area contributed by atoms with Gasteiger partial charge in [0.25, 0.3) is 5.56 Å². The van der Waals surface area contributed by atoms with Gasteiger partial charge in [0.1, 0.15) is 23.3 Å². The summed E-state index contributed by atoms with van der Waals surface area (Å²) < 4.78 is 0. The Bertz CT molecular complexity index is 1090. The highest BCUT2D eigenvalue weighted by atomic mass is 35.5. The second kappa shape index (κ2) is 6.85. The van der Waals surface area contributed by atoms with E-state index in [9.17, 15) is 10.1 Å². The second-order valence-corrected chi connectivity index (χ2v) is 5.90. The van der Waals surface area contributed by atoms with Crippen LogP contribution in [0.1, 0.15) is 30.8 Å². The number of anilines is 3. The number of aromatic nitrogens is 4. The highest BCUT2D eigenvalue weighted by molar-refractivity contribution is 6.35. The van der Waals surface area contributed by atoms with Gasteiger partial charge in [0, 0.05) is 0 Å². The molecule has 0 spiro atoms. The van der Waals surface area contributed by atoms with Crippen molar-refractivity contribution in [2.75, 3.05) is 16.8 Å². The molecular weight excluding hydrogens is 356 g/mol. The molecule has 0 aliphatic heterocycles. The first-order chi connectivity index (χ1) is 12.4. The maximum Gasteiger partial charge on any atom is 0.260 e. The van der Waals surface area contributed by atoms with Crippen LogP contribution >= 0.6 is 11.6 Å². The number of H-pyrrole nitrogens is 1. The molecule has 0 fully saturated rings. The van der Waals surface area contributed by atoms with Crippen LogP contribution in [0.5, 0.6) is 0 Å². The van der Waals surface area contributed by atoms with Gasteiger partial charge < -0.3 is 21.8 Å². The molecule has 1 unspecified atom stereocenters. The van der Waals surface area contributed by atoms with Crippen LogP contribution in [0.3, 0.4) is 0 Å². The average molecular weight is 371 g/mol. The van der Waals surface area contributed by atoms with E-state index in [0.717, 1.165) is 0 Å². The highest BCUT2D eigenvalue weighted by Crippen LogP contribution is 2.25. The van der Waals surface area contributed by atoms with Crippen LogP contribution in [-0.4, -0.2) is 19.9 Å². The van der Waals surface area contributed by atoms with Crippen LogP contribution in [0.15, 0.2) is 23.0 Å². The van der Waals surface area contributed by atoms with Crippen molar-refractivity contribution in [3.63, 3.8) is 0 Å². The number of nitrogens with zero attached hydrogens (tertiary/aromatic N) is 4. The van der Waals surface area contributed by atoms with Gasteiger partial charge in [0.15, 0.2) is 5.82 Å². The van der Waals surface area contributed by atoms with Gasteiger partial charge in [0.05, 0.1) is 22.0 Å². The van der Waals surface area contributed by atoms with E-state index in [1.54, 1.807) is 18.2 Å². The molecule has 0 radical (unpaired) electrons. The van der Waals surface area contributed by atoms with E-state index in [1.807, 2.05) is 13.0 Å². The quantitative estimate of drug-likeness (QED) is 0.542. The van der Waals surface area contributed by atoms with E-state index in [-0.39, 0.29) is 28.7 Å². The summed E-state index contributed by atoms with van der Waals surface area (Å²) in [5.41, 5.74) is 11.5. The third-order valence-electron chi connectivity index (χ3n) is 3.82. The van der Waals surface area contributed by atoms with E-state index >= 15 is 0 Å². The number of nitrogens with two attached hydrogens (primary N) is 2. The molecule has 0 saturated carbocycles. The van der Waals surface area contributed by atoms with Gasteiger partial charge in [0.2, 0.25) is 5.95 Å². The predicted octanol–water partition coefficient (Wildman–Crippen LogP) is 1.97. The summed E-state index contributed by atoms with van der Waals surface area (Å²) in [5, 5.41) is 13.0. The predicted molar refractivity (Wildman–Crippen MR) is 99.6 cm³/mol. The van der Waals surface area contributed by atoms with E-state index < -0.39 is 6.04 Å². The maximum atomic E-state index is 12.4. The second-order valence-electron chi connectivity index (χ2n) is 5.49. The Labute approximate surface area is 153 Å². The van der Waals surface area contributed by atoms with Crippen molar-refractivity contribution in [1.29, 1.82) is 5.26 Å². The van der Waals surface area contributed by atoms with Gasteiger partial charge in [-0.05, 0) is 18.6 Å². The molecule has 0 bridgehead atoms. The van der Waals surface area contributed by atoms with Crippen LogP contribution in [0, 0.1) is 11.3 Å². The molecule has 3 aromatic rings. The summed E-state index contributed by atoms with van der Waals surface area (Å²) in [6.07, 6.45) is 0.545. The van der Waals surface area contributed by atoms with Crippen molar-refractivity contribution in [2.45, 2.75) is 19.4 Å². The molecule has 0 aliphatic carbocycles. The zero-order chi connectivity index (χ0) is 18.8. The molecule has 0 saturated heterocycles. The summed E-state index contributed by atoms with van der Waals surface area (Å²) in [6.45, 7) is 1.89. The Balaban J connectivity index is 2.08. The third kappa shape index (κ3) is 3.10. The number of aromatic amines is 1. The number of rotatable bonds is 4. The van der Waals surface area contributed by atoms with Crippen molar-refractivity contribution in [3.05, 3.63) is 45.0 Å². The molecule has 2 heterocycles. The van der Waals surface area contributed by atoms with Gasteiger partial charge in [-0.2, -0.15) is 15.2 Å². The molecule has 6 N–H and O–H groups in total. The molecule has 3 rings (SSSR count). The molecule has 1 atom stereocenters. The number of hydrogen-bond acceptors (Lipinski definition) is 8. The minimum absolute atomic E-state index is 0.0240. The van der Waals surface area contributed by atoms with Crippen LogP contribution in [-0.2, 0) is 0 Å². The standard InChI is InChI=1S/C16H15ClN8O/c1-2-9(21-13-7(6-18)12(19)23-16(20)25-13)14-22-10-5-3-4-8(17)11(10)15(26)24-14/h3-5,9H,2H2,1H3,(H,22,24,26)(H5,19,20,21,23,25). The molecule has 1 aromatic carbocycles. The van der Waals surface area contributed by atoms with E-state index in [2.05, 4.69) is 25.3 Å². The van der Waals surface area contributed by atoms with Crippen molar-refractivity contribution in [1.82, 2.24) is 19.9 Å². The molecule has 0 aliphatic rings. The number of fused-ring (bicyclic) bond motifs is 1. The van der Waals surface area contributed by atoms with E-state index in [4.69, 9.17) is 23.1 Å². The minimum atomic E-state index is -0.438. The number of nitrogen functional groups attached to an aromatic ring is 2. The Morgan fingerprint density at radius 2 is 2.12 bits per heavy atom. The summed E-state index contributed by atoms with van der Waals surface area (Å²) in [4.78, 5) is 27.4. The van der Waals surface area contributed by atoms with Crippen molar-refractivity contribution in [3.8, 4) is 6.07 Å². The fourth-order valence-corrected chi connectivity index (χ4v) is 2.83. The Morgan fingerprint density at radius 1 is 1.35 bits per heavy atom. The van der Waals surface area contributed by atoms with E-state index in [0.29, 0.717) is 28.2 Å². The molecule has 9 nitrogen and oxygen atoms in total.